The maximum absolute atomic E-state index is 13.1. The van der Waals surface area contributed by atoms with E-state index < -0.39 is 11.0 Å². The van der Waals surface area contributed by atoms with Crippen molar-refractivity contribution in [2.45, 2.75) is 45.0 Å². The molecular weight excluding hydrogens is 485 g/mol. The van der Waals surface area contributed by atoms with E-state index in [0.717, 1.165) is 24.0 Å². The van der Waals surface area contributed by atoms with Crippen LogP contribution in [0.25, 0.3) is 0 Å². The lowest BCUT2D eigenvalue weighted by molar-refractivity contribution is -0.384. The Hall–Kier alpha value is -2.29. The first kappa shape index (κ1) is 27.0. The molecular formula is C23H27Cl2N3O4S. The first-order chi connectivity index (χ1) is 15.7. The number of non-ortho nitro benzene ring substituents is 1. The monoisotopic (exact) mass is 511 g/mol. The minimum atomic E-state index is -0.663. The minimum Gasteiger partial charge on any atom is -0.354 e. The number of hydrogen-bond donors (Lipinski definition) is 1. The van der Waals surface area contributed by atoms with Crippen molar-refractivity contribution in [2.24, 2.45) is 0 Å². The Morgan fingerprint density at radius 2 is 1.79 bits per heavy atom. The summed E-state index contributed by atoms with van der Waals surface area (Å²) in [5.74, 6) is 0.273. The van der Waals surface area contributed by atoms with Crippen molar-refractivity contribution >= 4 is 52.5 Å². The zero-order valence-electron chi connectivity index (χ0n) is 18.6. The van der Waals surface area contributed by atoms with Gasteiger partial charge in [0.05, 0.1) is 20.7 Å². The molecule has 0 aliphatic heterocycles. The fraction of sp³-hybridized carbons (Fsp3) is 0.391. The second kappa shape index (κ2) is 13.4. The highest BCUT2D eigenvalue weighted by atomic mass is 35.5. The lowest BCUT2D eigenvalue weighted by Crippen LogP contribution is -2.48. The van der Waals surface area contributed by atoms with Gasteiger partial charge in [0.15, 0.2) is 0 Å². The van der Waals surface area contributed by atoms with Crippen LogP contribution in [0.3, 0.4) is 0 Å². The molecule has 0 saturated heterocycles. The van der Waals surface area contributed by atoms with Gasteiger partial charge in [0.1, 0.15) is 6.04 Å². The van der Waals surface area contributed by atoms with Crippen molar-refractivity contribution in [1.82, 2.24) is 10.2 Å². The molecule has 7 nitrogen and oxygen atoms in total. The largest absolute Gasteiger partial charge is 0.354 e. The number of nitro benzene ring substituents is 1. The molecule has 1 atom stereocenters. The third kappa shape index (κ3) is 8.53. The van der Waals surface area contributed by atoms with Crippen molar-refractivity contribution in [2.75, 3.05) is 12.3 Å². The quantitative estimate of drug-likeness (QED) is 0.231. The fourth-order valence-corrected chi connectivity index (χ4v) is 4.20. The Balaban J connectivity index is 2.06. The predicted molar refractivity (Wildman–Crippen MR) is 134 cm³/mol. The van der Waals surface area contributed by atoms with E-state index in [1.165, 1.54) is 28.8 Å². The first-order valence-corrected chi connectivity index (χ1v) is 12.5. The third-order valence-corrected chi connectivity index (χ3v) is 6.70. The number of unbranched alkanes of at least 4 members (excludes halogenated alkanes) is 1. The summed E-state index contributed by atoms with van der Waals surface area (Å²) >= 11 is 13.5. The summed E-state index contributed by atoms with van der Waals surface area (Å²) in [6, 6.07) is 10.7. The van der Waals surface area contributed by atoms with Gasteiger partial charge >= 0.3 is 0 Å². The van der Waals surface area contributed by atoms with E-state index in [1.54, 1.807) is 37.3 Å². The number of nitro groups is 1. The van der Waals surface area contributed by atoms with Crippen LogP contribution in [0.1, 0.15) is 37.8 Å². The molecule has 0 bridgehead atoms. The maximum atomic E-state index is 13.1. The zero-order valence-corrected chi connectivity index (χ0v) is 20.9. The SMILES string of the molecule is CCCCNC(=O)C(C)N(Cc1ccc(Cl)c(Cl)c1)C(=O)CSCc1ccc([N+](=O)[O-])cc1. The number of carbonyl (C=O) groups excluding carboxylic acids is 2. The molecule has 10 heteroatoms. The van der Waals surface area contributed by atoms with Gasteiger partial charge < -0.3 is 10.2 Å². The smallest absolute Gasteiger partial charge is 0.269 e. The van der Waals surface area contributed by atoms with Crippen molar-refractivity contribution < 1.29 is 14.5 Å². The van der Waals surface area contributed by atoms with Crippen molar-refractivity contribution in [1.29, 1.82) is 0 Å². The van der Waals surface area contributed by atoms with E-state index in [2.05, 4.69) is 5.32 Å². The molecule has 0 fully saturated rings. The topological polar surface area (TPSA) is 92.6 Å². The Bertz CT molecular complexity index is 973. The van der Waals surface area contributed by atoms with Crippen LogP contribution in [0.5, 0.6) is 0 Å². The number of nitrogens with zero attached hydrogens (tertiary/aromatic N) is 2. The Morgan fingerprint density at radius 3 is 2.39 bits per heavy atom. The summed E-state index contributed by atoms with van der Waals surface area (Å²) in [5, 5.41) is 14.5. The number of rotatable bonds is 12. The van der Waals surface area contributed by atoms with Crippen molar-refractivity contribution in [3.8, 4) is 0 Å². The number of nitrogens with one attached hydrogen (secondary N) is 1. The summed E-state index contributed by atoms with van der Waals surface area (Å²) in [6.45, 7) is 4.52. The summed E-state index contributed by atoms with van der Waals surface area (Å²) in [6.07, 6.45) is 1.82. The van der Waals surface area contributed by atoms with Gasteiger partial charge in [-0.3, -0.25) is 19.7 Å². The molecule has 0 radical (unpaired) electrons. The van der Waals surface area contributed by atoms with E-state index >= 15 is 0 Å². The molecule has 0 spiro atoms. The van der Waals surface area contributed by atoms with Gasteiger partial charge in [-0.2, -0.15) is 0 Å². The van der Waals surface area contributed by atoms with E-state index in [1.807, 2.05) is 6.92 Å². The summed E-state index contributed by atoms with van der Waals surface area (Å²) in [5.41, 5.74) is 1.67. The number of benzene rings is 2. The number of thioether (sulfide) groups is 1. The Morgan fingerprint density at radius 1 is 1.12 bits per heavy atom. The Labute approximate surface area is 208 Å². The van der Waals surface area contributed by atoms with Gasteiger partial charge in [-0.25, -0.2) is 0 Å². The van der Waals surface area contributed by atoms with E-state index in [9.17, 15) is 19.7 Å². The lowest BCUT2D eigenvalue weighted by Gasteiger charge is -2.29. The van der Waals surface area contributed by atoms with Crippen LogP contribution in [0.15, 0.2) is 42.5 Å². The number of carbonyl (C=O) groups is 2. The van der Waals surface area contributed by atoms with Gasteiger partial charge in [-0.05, 0) is 36.6 Å². The summed E-state index contributed by atoms with van der Waals surface area (Å²) in [7, 11) is 0. The molecule has 2 amide bonds. The highest BCUT2D eigenvalue weighted by molar-refractivity contribution is 7.99. The average molecular weight is 512 g/mol. The first-order valence-electron chi connectivity index (χ1n) is 10.5. The van der Waals surface area contributed by atoms with Crippen LogP contribution in [-0.2, 0) is 21.9 Å². The molecule has 2 aromatic carbocycles. The van der Waals surface area contributed by atoms with Crippen molar-refractivity contribution in [3.63, 3.8) is 0 Å². The van der Waals surface area contributed by atoms with E-state index in [0.29, 0.717) is 22.3 Å². The highest BCUT2D eigenvalue weighted by Gasteiger charge is 2.26. The molecule has 2 rings (SSSR count). The third-order valence-electron chi connectivity index (χ3n) is 4.98. The van der Waals surface area contributed by atoms with Crippen LogP contribution in [0.2, 0.25) is 10.0 Å². The molecule has 1 N–H and O–H groups in total. The predicted octanol–water partition coefficient (Wildman–Crippen LogP) is 5.47. The molecule has 0 aromatic heterocycles. The average Bonchev–Trinajstić information content (AvgIpc) is 2.79. The summed E-state index contributed by atoms with van der Waals surface area (Å²) < 4.78 is 0. The van der Waals surface area contributed by atoms with Gasteiger partial charge in [0.2, 0.25) is 11.8 Å². The van der Waals surface area contributed by atoms with Gasteiger partial charge in [-0.1, -0.05) is 54.7 Å². The standard InChI is InChI=1S/C23H27Cl2N3O4S/c1-3-4-11-26-23(30)16(2)27(13-18-7-10-20(24)21(25)12-18)22(29)15-33-14-17-5-8-19(9-6-17)28(31)32/h5-10,12,16H,3-4,11,13-15H2,1-2H3,(H,26,30). The summed E-state index contributed by atoms with van der Waals surface area (Å²) in [4.78, 5) is 37.6. The molecule has 0 aliphatic carbocycles. The second-order valence-electron chi connectivity index (χ2n) is 7.51. The van der Waals surface area contributed by atoms with Crippen LogP contribution in [-0.4, -0.2) is 40.0 Å². The van der Waals surface area contributed by atoms with Crippen LogP contribution < -0.4 is 5.32 Å². The normalized spacial score (nSPS) is 11.6. The molecule has 0 aliphatic rings. The number of hydrogen-bond acceptors (Lipinski definition) is 5. The zero-order chi connectivity index (χ0) is 24.4. The van der Waals surface area contributed by atoms with E-state index in [4.69, 9.17) is 23.2 Å². The molecule has 2 aromatic rings. The fourth-order valence-electron chi connectivity index (χ4n) is 3.01. The Kier molecular flexibility index (Phi) is 11.0. The van der Waals surface area contributed by atoms with Crippen LogP contribution >= 0.6 is 35.0 Å². The van der Waals surface area contributed by atoms with Crippen LogP contribution in [0, 0.1) is 10.1 Å². The number of amides is 2. The molecule has 0 heterocycles. The molecule has 33 heavy (non-hydrogen) atoms. The lowest BCUT2D eigenvalue weighted by atomic mass is 10.1. The second-order valence-corrected chi connectivity index (χ2v) is 9.31. The van der Waals surface area contributed by atoms with E-state index in [-0.39, 0.29) is 29.8 Å². The number of halogens is 2. The van der Waals surface area contributed by atoms with Gasteiger partial charge in [-0.15, -0.1) is 11.8 Å². The molecule has 178 valence electrons. The maximum Gasteiger partial charge on any atom is 0.269 e. The minimum absolute atomic E-state index is 0.0236. The van der Waals surface area contributed by atoms with Crippen molar-refractivity contribution in [3.05, 3.63) is 73.8 Å². The highest BCUT2D eigenvalue weighted by Crippen LogP contribution is 2.24. The van der Waals surface area contributed by atoms with Gasteiger partial charge in [0, 0.05) is 31.0 Å². The van der Waals surface area contributed by atoms with Crippen LogP contribution in [0.4, 0.5) is 5.69 Å². The molecule has 1 unspecified atom stereocenters. The van der Waals surface area contributed by atoms with Gasteiger partial charge in [0.25, 0.3) is 5.69 Å². The molecule has 0 saturated carbocycles.